The average molecular weight is 736 g/mol. The van der Waals surface area contributed by atoms with E-state index in [1.165, 1.54) is 0 Å². The third kappa shape index (κ3) is 9.95. The summed E-state index contributed by atoms with van der Waals surface area (Å²) in [6, 6.07) is 27.9. The van der Waals surface area contributed by atoms with Gasteiger partial charge in [-0.2, -0.15) is 5.10 Å². The molecule has 53 heavy (non-hydrogen) atoms. The zero-order chi connectivity index (χ0) is 37.4. The highest BCUT2D eigenvalue weighted by molar-refractivity contribution is 7.89. The molecule has 7 N–H and O–H groups in total. The van der Waals surface area contributed by atoms with Crippen molar-refractivity contribution in [3.8, 4) is 22.5 Å². The maximum absolute atomic E-state index is 13.8. The number of carbonyl (C=O) groups excluding carboxylic acids is 2. The fraction of sp³-hybridized carbons (Fsp3) is 0.300. The van der Waals surface area contributed by atoms with E-state index in [9.17, 15) is 22.8 Å². The molecule has 1 aromatic heterocycles. The van der Waals surface area contributed by atoms with Gasteiger partial charge in [-0.25, -0.2) is 23.0 Å². The largest absolute Gasteiger partial charge is 0.344 e. The van der Waals surface area contributed by atoms with Gasteiger partial charge in [-0.1, -0.05) is 60.7 Å². The number of aryl methyl sites for hydroxylation is 1. The Balaban J connectivity index is 1.20. The Labute approximate surface area is 309 Å². The first-order valence-corrected chi connectivity index (χ1v) is 19.3. The fourth-order valence-electron chi connectivity index (χ4n) is 6.78. The zero-order valence-electron chi connectivity index (χ0n) is 29.6. The number of carbonyl (C=O) groups is 2. The second-order valence-electron chi connectivity index (χ2n) is 13.7. The quantitative estimate of drug-likeness (QED) is 0.0920. The zero-order valence-corrected chi connectivity index (χ0v) is 30.4. The topological polar surface area (TPSA) is 192 Å². The minimum absolute atomic E-state index is 0.147. The number of anilines is 1. The van der Waals surface area contributed by atoms with Gasteiger partial charge < -0.3 is 16.4 Å². The second kappa shape index (κ2) is 17.0. The number of aromatic nitrogens is 3. The average Bonchev–Trinajstić information content (AvgIpc) is 3.61. The van der Waals surface area contributed by atoms with Gasteiger partial charge in [0.05, 0.1) is 4.90 Å². The number of nitrogens with zero attached hydrogens (tertiary/aromatic N) is 1. The molecule has 5 aromatic rings. The number of hydrogen-bond acceptors (Lipinski definition) is 7. The lowest BCUT2D eigenvalue weighted by Crippen LogP contribution is -2.45. The first kappa shape index (κ1) is 37.4. The maximum atomic E-state index is 13.8. The number of hydrogen-bond donors (Lipinski definition) is 6. The molecule has 13 heteroatoms. The minimum Gasteiger partial charge on any atom is -0.344 e. The number of rotatable bonds is 14. The van der Waals surface area contributed by atoms with Crippen molar-refractivity contribution in [2.75, 3.05) is 11.9 Å². The van der Waals surface area contributed by atoms with Crippen LogP contribution in [0.1, 0.15) is 48.8 Å². The molecule has 6 rings (SSSR count). The van der Waals surface area contributed by atoms with Crippen molar-refractivity contribution in [2.45, 2.75) is 62.9 Å². The third-order valence-electron chi connectivity index (χ3n) is 9.86. The van der Waals surface area contributed by atoms with Crippen LogP contribution in [-0.4, -0.2) is 48.0 Å². The Morgan fingerprint density at radius 2 is 1.58 bits per heavy atom. The van der Waals surface area contributed by atoms with Crippen molar-refractivity contribution in [2.24, 2.45) is 17.6 Å². The minimum atomic E-state index is -3.80. The van der Waals surface area contributed by atoms with Gasteiger partial charge in [-0.05, 0) is 115 Å². The van der Waals surface area contributed by atoms with E-state index in [1.54, 1.807) is 42.5 Å². The van der Waals surface area contributed by atoms with E-state index in [2.05, 4.69) is 30.5 Å². The smallest absolute Gasteiger partial charge is 0.340 e. The summed E-state index contributed by atoms with van der Waals surface area (Å²) in [6.45, 7) is 2.75. The van der Waals surface area contributed by atoms with Crippen LogP contribution in [0.15, 0.2) is 107 Å². The summed E-state index contributed by atoms with van der Waals surface area (Å²) in [5, 5.41) is 12.2. The van der Waals surface area contributed by atoms with Crippen LogP contribution in [0, 0.1) is 18.8 Å². The Kier molecular flexibility index (Phi) is 12.0. The molecule has 1 aliphatic carbocycles. The standard InChI is InChI=1S/C40H45N7O5S/c1-26-10-19-34(53(51,52)42-25-29-6-3-2-4-7-29)23-35(26)32-9-5-8-30(20-32)21-36(44-37(48)22-27-11-13-28(24-41)14-12-27)39(49)43-33-17-15-31(16-18-33)38-45-40(50)47-46-38/h2-10,15-20,23,27-28,36,42H,11-14,21-22,24-25,41H2,1H3,(H,43,49)(H,44,48)(H2,45,46,47,50). The van der Waals surface area contributed by atoms with Gasteiger partial charge in [0, 0.05) is 30.6 Å². The molecular formula is C40H45N7O5S. The summed E-state index contributed by atoms with van der Waals surface area (Å²) in [5.74, 6) is 0.534. The van der Waals surface area contributed by atoms with Crippen LogP contribution >= 0.6 is 0 Å². The van der Waals surface area contributed by atoms with E-state index in [0.717, 1.165) is 53.5 Å². The number of H-pyrrole nitrogens is 2. The molecule has 0 aliphatic heterocycles. The molecule has 1 atom stereocenters. The lowest BCUT2D eigenvalue weighted by atomic mass is 9.80. The molecule has 1 heterocycles. The molecule has 2 amide bonds. The SMILES string of the molecule is Cc1ccc(S(=O)(=O)NCc2ccccc2)cc1-c1cccc(CC(NC(=O)CC2CCC(CN)CC2)C(=O)Nc2ccc(-c3n[nH]c(=O)[nH]3)cc2)c1. The van der Waals surface area contributed by atoms with Crippen LogP contribution in [0.2, 0.25) is 0 Å². The lowest BCUT2D eigenvalue weighted by molar-refractivity contribution is -0.127. The van der Waals surface area contributed by atoms with Gasteiger partial charge in [-0.3, -0.25) is 14.6 Å². The molecular weight excluding hydrogens is 691 g/mol. The van der Waals surface area contributed by atoms with E-state index < -0.39 is 21.8 Å². The summed E-state index contributed by atoms with van der Waals surface area (Å²) in [7, 11) is -3.80. The van der Waals surface area contributed by atoms with E-state index in [4.69, 9.17) is 5.73 Å². The molecule has 12 nitrogen and oxygen atoms in total. The summed E-state index contributed by atoms with van der Waals surface area (Å²) >= 11 is 0. The summed E-state index contributed by atoms with van der Waals surface area (Å²) in [5.41, 5.74) is 10.7. The first-order valence-electron chi connectivity index (χ1n) is 17.9. The predicted octanol–water partition coefficient (Wildman–Crippen LogP) is 5.04. The normalized spacial score (nSPS) is 16.5. The highest BCUT2D eigenvalue weighted by atomic mass is 32.2. The first-order chi connectivity index (χ1) is 25.6. The molecule has 0 saturated heterocycles. The van der Waals surface area contributed by atoms with Gasteiger partial charge in [0.15, 0.2) is 5.82 Å². The highest BCUT2D eigenvalue weighted by Gasteiger charge is 2.26. The van der Waals surface area contributed by atoms with Crippen LogP contribution in [0.25, 0.3) is 22.5 Å². The van der Waals surface area contributed by atoms with Crippen molar-refractivity contribution in [3.05, 3.63) is 124 Å². The van der Waals surface area contributed by atoms with Crippen LogP contribution < -0.4 is 26.8 Å². The number of nitrogens with two attached hydrogens (primary N) is 1. The summed E-state index contributed by atoms with van der Waals surface area (Å²) < 4.78 is 29.3. The second-order valence-corrected chi connectivity index (χ2v) is 15.5. The molecule has 0 radical (unpaired) electrons. The molecule has 0 bridgehead atoms. The molecule has 1 fully saturated rings. The van der Waals surface area contributed by atoms with E-state index >= 15 is 0 Å². The van der Waals surface area contributed by atoms with Crippen LogP contribution in [0.3, 0.4) is 0 Å². The van der Waals surface area contributed by atoms with E-state index in [0.29, 0.717) is 36.0 Å². The van der Waals surface area contributed by atoms with Crippen LogP contribution in [-0.2, 0) is 32.6 Å². The molecule has 276 valence electrons. The third-order valence-corrected chi connectivity index (χ3v) is 11.3. The van der Waals surface area contributed by atoms with Gasteiger partial charge in [0.25, 0.3) is 0 Å². The fourth-order valence-corrected chi connectivity index (χ4v) is 7.83. The highest BCUT2D eigenvalue weighted by Crippen LogP contribution is 2.31. The van der Waals surface area contributed by atoms with Gasteiger partial charge in [-0.15, -0.1) is 0 Å². The van der Waals surface area contributed by atoms with E-state index in [-0.39, 0.29) is 35.6 Å². The molecule has 4 aromatic carbocycles. The number of nitrogens with one attached hydrogen (secondary N) is 5. The molecule has 1 saturated carbocycles. The van der Waals surface area contributed by atoms with Crippen molar-refractivity contribution in [3.63, 3.8) is 0 Å². The van der Waals surface area contributed by atoms with Crippen LogP contribution in [0.4, 0.5) is 5.69 Å². The van der Waals surface area contributed by atoms with Gasteiger partial charge in [0.2, 0.25) is 21.8 Å². The van der Waals surface area contributed by atoms with Crippen molar-refractivity contribution in [1.29, 1.82) is 0 Å². The Bertz CT molecular complexity index is 2190. The number of aromatic amines is 2. The summed E-state index contributed by atoms with van der Waals surface area (Å²) in [6.07, 6.45) is 4.39. The van der Waals surface area contributed by atoms with Gasteiger partial charge in [0.1, 0.15) is 6.04 Å². The Morgan fingerprint density at radius 3 is 2.28 bits per heavy atom. The monoisotopic (exact) mass is 735 g/mol. The Morgan fingerprint density at radius 1 is 0.868 bits per heavy atom. The van der Waals surface area contributed by atoms with E-state index in [1.807, 2.05) is 61.5 Å². The lowest BCUT2D eigenvalue weighted by Gasteiger charge is -2.28. The predicted molar refractivity (Wildman–Crippen MR) is 205 cm³/mol. The maximum Gasteiger partial charge on any atom is 0.340 e. The van der Waals surface area contributed by atoms with Crippen LogP contribution in [0.5, 0.6) is 0 Å². The van der Waals surface area contributed by atoms with Crippen molar-refractivity contribution < 1.29 is 18.0 Å². The molecule has 1 unspecified atom stereocenters. The van der Waals surface area contributed by atoms with Crippen molar-refractivity contribution >= 4 is 27.5 Å². The molecule has 0 spiro atoms. The number of benzene rings is 4. The number of amides is 2. The number of sulfonamides is 1. The molecule has 1 aliphatic rings. The van der Waals surface area contributed by atoms with Gasteiger partial charge >= 0.3 is 5.69 Å². The summed E-state index contributed by atoms with van der Waals surface area (Å²) in [4.78, 5) is 41.5. The Hall–Kier alpha value is -5.37. The van der Waals surface area contributed by atoms with Crippen molar-refractivity contribution in [1.82, 2.24) is 25.2 Å².